The van der Waals surface area contributed by atoms with Crippen molar-refractivity contribution in [1.29, 1.82) is 0 Å². The van der Waals surface area contributed by atoms with Crippen LogP contribution in [0.3, 0.4) is 0 Å². The number of hydrogen-bond donors (Lipinski definition) is 1. The fourth-order valence-electron chi connectivity index (χ4n) is 2.95. The second-order valence-electron chi connectivity index (χ2n) is 6.61. The second-order valence-corrected chi connectivity index (χ2v) is 7.04. The van der Waals surface area contributed by atoms with Gasteiger partial charge in [-0.05, 0) is 31.5 Å². The van der Waals surface area contributed by atoms with Crippen LogP contribution >= 0.6 is 11.6 Å². The zero-order valence-corrected chi connectivity index (χ0v) is 16.7. The third kappa shape index (κ3) is 5.58. The number of nitrogens with zero attached hydrogens (tertiary/aromatic N) is 2. The predicted molar refractivity (Wildman–Crippen MR) is 108 cm³/mol. The average molecular weight is 362 g/mol. The monoisotopic (exact) mass is 361 g/mol. The molecule has 0 spiro atoms. The highest BCUT2D eigenvalue weighted by atomic mass is 35.5. The second kappa shape index (κ2) is 10.6. The van der Waals surface area contributed by atoms with Crippen LogP contribution in [-0.2, 0) is 19.4 Å². The van der Waals surface area contributed by atoms with Crippen molar-refractivity contribution in [2.75, 3.05) is 13.1 Å². The summed E-state index contributed by atoms with van der Waals surface area (Å²) >= 11 is 6.01. The summed E-state index contributed by atoms with van der Waals surface area (Å²) in [5, 5.41) is 9.18. The van der Waals surface area contributed by atoms with Gasteiger partial charge in [0.15, 0.2) is 0 Å². The number of aromatic nitrogens is 2. The molecule has 2 heterocycles. The molecule has 1 aliphatic rings. The molecule has 0 unspecified atom stereocenters. The van der Waals surface area contributed by atoms with Crippen molar-refractivity contribution in [2.45, 2.75) is 65.8 Å². The van der Waals surface area contributed by atoms with E-state index in [1.807, 2.05) is 12.1 Å². The maximum absolute atomic E-state index is 6.01. The van der Waals surface area contributed by atoms with Gasteiger partial charge < -0.3 is 5.32 Å². The van der Waals surface area contributed by atoms with Gasteiger partial charge in [-0.25, -0.2) is 0 Å². The molecule has 1 aromatic carbocycles. The van der Waals surface area contributed by atoms with E-state index in [4.69, 9.17) is 16.7 Å². The van der Waals surface area contributed by atoms with Gasteiger partial charge in [0.05, 0.1) is 5.69 Å². The zero-order chi connectivity index (χ0) is 18.1. The van der Waals surface area contributed by atoms with Crippen LogP contribution in [0, 0.1) is 0 Å². The first-order chi connectivity index (χ1) is 12.2. The fourth-order valence-corrected chi connectivity index (χ4v) is 3.08. The Morgan fingerprint density at radius 3 is 2.32 bits per heavy atom. The Labute approximate surface area is 157 Å². The maximum Gasteiger partial charge on any atom is 0.0958 e. The summed E-state index contributed by atoms with van der Waals surface area (Å²) < 4.78 is 2.23. The van der Waals surface area contributed by atoms with Crippen LogP contribution in [0.2, 0.25) is 5.02 Å². The lowest BCUT2D eigenvalue weighted by atomic mass is 10.0. The molecule has 0 radical (unpaired) electrons. The van der Waals surface area contributed by atoms with Crippen LogP contribution in [-0.4, -0.2) is 22.9 Å². The molecule has 1 aliphatic heterocycles. The first-order valence-corrected chi connectivity index (χ1v) is 10.1. The fraction of sp³-hybridized carbons (Fsp3) is 0.571. The molecule has 0 aliphatic carbocycles. The van der Waals surface area contributed by atoms with Crippen LogP contribution in [0.15, 0.2) is 24.3 Å². The van der Waals surface area contributed by atoms with Crippen molar-refractivity contribution < 1.29 is 0 Å². The van der Waals surface area contributed by atoms with Crippen LogP contribution in [0.4, 0.5) is 0 Å². The van der Waals surface area contributed by atoms with Crippen molar-refractivity contribution in [3.05, 3.63) is 40.5 Å². The Bertz CT molecular complexity index is 629. The molecule has 3 nitrogen and oxygen atoms in total. The molecule has 4 heteroatoms. The molecule has 0 fully saturated rings. The Kier molecular flexibility index (Phi) is 8.50. The number of fused-ring (bicyclic) bond motifs is 1. The van der Waals surface area contributed by atoms with Gasteiger partial charge in [0.2, 0.25) is 0 Å². The Morgan fingerprint density at radius 2 is 1.68 bits per heavy atom. The molecule has 3 rings (SSSR count). The van der Waals surface area contributed by atoms with Crippen LogP contribution in [0.1, 0.15) is 57.7 Å². The number of nitrogens with one attached hydrogen (secondary N) is 1. The van der Waals surface area contributed by atoms with Crippen molar-refractivity contribution in [2.24, 2.45) is 0 Å². The summed E-state index contributed by atoms with van der Waals surface area (Å²) in [7, 11) is 0. The van der Waals surface area contributed by atoms with Gasteiger partial charge in [-0.3, -0.25) is 4.68 Å². The third-order valence-electron chi connectivity index (χ3n) is 4.60. The topological polar surface area (TPSA) is 29.9 Å². The molecule has 0 atom stereocenters. The molecule has 0 saturated carbocycles. The SMILES string of the molecule is CCCC.CCCCn1nc(-c2ccc(Cl)cc2)c2c1CCNCC2. The van der Waals surface area contributed by atoms with E-state index >= 15 is 0 Å². The summed E-state index contributed by atoms with van der Waals surface area (Å²) in [6, 6.07) is 8.05. The van der Waals surface area contributed by atoms with Crippen LogP contribution in [0.5, 0.6) is 0 Å². The van der Waals surface area contributed by atoms with Crippen LogP contribution in [0.25, 0.3) is 11.3 Å². The van der Waals surface area contributed by atoms with E-state index in [9.17, 15) is 0 Å². The first-order valence-electron chi connectivity index (χ1n) is 9.76. The predicted octanol–water partition coefficient (Wildman–Crippen LogP) is 5.50. The van der Waals surface area contributed by atoms with Crippen LogP contribution < -0.4 is 5.32 Å². The zero-order valence-electron chi connectivity index (χ0n) is 15.9. The quantitative estimate of drug-likeness (QED) is 0.762. The third-order valence-corrected chi connectivity index (χ3v) is 4.85. The van der Waals surface area contributed by atoms with Crippen molar-refractivity contribution in [3.8, 4) is 11.3 Å². The van der Waals surface area contributed by atoms with Gasteiger partial charge >= 0.3 is 0 Å². The molecular formula is C21H32ClN3. The highest BCUT2D eigenvalue weighted by Gasteiger charge is 2.20. The van der Waals surface area contributed by atoms with Crippen molar-refractivity contribution >= 4 is 11.6 Å². The van der Waals surface area contributed by atoms with Crippen molar-refractivity contribution in [3.63, 3.8) is 0 Å². The Morgan fingerprint density at radius 1 is 1.00 bits per heavy atom. The molecule has 138 valence electrons. The minimum absolute atomic E-state index is 0.775. The Balaban J connectivity index is 0.000000511. The van der Waals surface area contributed by atoms with Crippen molar-refractivity contribution in [1.82, 2.24) is 15.1 Å². The van der Waals surface area contributed by atoms with E-state index in [0.717, 1.165) is 43.2 Å². The highest BCUT2D eigenvalue weighted by molar-refractivity contribution is 6.30. The smallest absolute Gasteiger partial charge is 0.0958 e. The van der Waals surface area contributed by atoms with E-state index in [2.05, 4.69) is 42.9 Å². The normalized spacial score (nSPS) is 13.6. The van der Waals surface area contributed by atoms with Gasteiger partial charge in [0.25, 0.3) is 0 Å². The minimum Gasteiger partial charge on any atom is -0.316 e. The van der Waals surface area contributed by atoms with Gasteiger partial charge in [-0.2, -0.15) is 5.10 Å². The number of benzene rings is 1. The molecule has 1 N–H and O–H groups in total. The summed E-state index contributed by atoms with van der Waals surface area (Å²) in [4.78, 5) is 0. The number of unbranched alkanes of at least 4 members (excludes halogenated alkanes) is 2. The van der Waals surface area contributed by atoms with Gasteiger partial charge in [0.1, 0.15) is 0 Å². The number of hydrogen-bond acceptors (Lipinski definition) is 2. The van der Waals surface area contributed by atoms with Gasteiger partial charge in [-0.1, -0.05) is 63.8 Å². The van der Waals surface area contributed by atoms with E-state index < -0.39 is 0 Å². The van der Waals surface area contributed by atoms with E-state index in [0.29, 0.717) is 0 Å². The molecule has 0 amide bonds. The number of aryl methyl sites for hydroxylation is 1. The molecule has 0 bridgehead atoms. The number of halogens is 1. The van der Waals surface area contributed by atoms with Gasteiger partial charge in [0, 0.05) is 41.4 Å². The standard InChI is InChI=1S/C17H22ClN3.C4H10/c1-2-3-12-21-16-9-11-19-10-8-15(16)17(20-21)13-4-6-14(18)7-5-13;1-3-4-2/h4-7,19H,2-3,8-12H2,1H3;3-4H2,1-2H3. The lowest BCUT2D eigenvalue weighted by Gasteiger charge is -2.06. The van der Waals surface area contributed by atoms with E-state index in [-0.39, 0.29) is 0 Å². The molecule has 2 aromatic rings. The largest absolute Gasteiger partial charge is 0.316 e. The lowest BCUT2D eigenvalue weighted by molar-refractivity contribution is 0.546. The Hall–Kier alpha value is -1.32. The number of rotatable bonds is 5. The molecule has 0 saturated heterocycles. The lowest BCUT2D eigenvalue weighted by Crippen LogP contribution is -2.17. The van der Waals surface area contributed by atoms with Gasteiger partial charge in [-0.15, -0.1) is 0 Å². The summed E-state index contributed by atoms with van der Waals surface area (Å²) in [6.45, 7) is 9.69. The molecular weight excluding hydrogens is 330 g/mol. The highest BCUT2D eigenvalue weighted by Crippen LogP contribution is 2.28. The maximum atomic E-state index is 6.01. The summed E-state index contributed by atoms with van der Waals surface area (Å²) in [5.74, 6) is 0. The van der Waals surface area contributed by atoms with E-state index in [1.54, 1.807) is 0 Å². The summed E-state index contributed by atoms with van der Waals surface area (Å²) in [5.41, 5.74) is 5.14. The first kappa shape index (κ1) is 20.0. The molecule has 1 aromatic heterocycles. The summed E-state index contributed by atoms with van der Waals surface area (Å²) in [6.07, 6.45) is 7.14. The molecule has 25 heavy (non-hydrogen) atoms. The average Bonchev–Trinajstić information content (AvgIpc) is 2.82. The minimum atomic E-state index is 0.775. The van der Waals surface area contributed by atoms with E-state index in [1.165, 1.54) is 42.5 Å².